The fourth-order valence-corrected chi connectivity index (χ4v) is 2.69. The Balaban J connectivity index is 2.07. The van der Waals surface area contributed by atoms with Gasteiger partial charge in [0.1, 0.15) is 0 Å². The quantitative estimate of drug-likeness (QED) is 0.911. The van der Waals surface area contributed by atoms with E-state index in [0.29, 0.717) is 41.5 Å². The van der Waals surface area contributed by atoms with Gasteiger partial charge in [0.2, 0.25) is 5.91 Å². The molecular weight excluding hydrogens is 287 g/mol. The van der Waals surface area contributed by atoms with Crippen LogP contribution in [0.25, 0.3) is 0 Å². The van der Waals surface area contributed by atoms with E-state index in [1.807, 2.05) is 0 Å². The van der Waals surface area contributed by atoms with Crippen molar-refractivity contribution >= 4 is 35.0 Å². The molecular formula is C13H14Cl2N2O2. The molecule has 4 nitrogen and oxygen atoms in total. The number of hydrogen-bond acceptors (Lipinski definition) is 2. The van der Waals surface area contributed by atoms with Crippen molar-refractivity contribution in [3.63, 3.8) is 0 Å². The van der Waals surface area contributed by atoms with Crippen LogP contribution in [0.3, 0.4) is 0 Å². The summed E-state index contributed by atoms with van der Waals surface area (Å²) >= 11 is 11.8. The molecule has 1 heterocycles. The number of piperidine rings is 1. The van der Waals surface area contributed by atoms with Crippen molar-refractivity contribution in [3.8, 4) is 0 Å². The largest absolute Gasteiger partial charge is 0.369 e. The van der Waals surface area contributed by atoms with Gasteiger partial charge in [-0.05, 0) is 31.0 Å². The molecule has 0 aliphatic carbocycles. The first kappa shape index (κ1) is 14.2. The number of likely N-dealkylation sites (tertiary alicyclic amines) is 1. The van der Waals surface area contributed by atoms with Gasteiger partial charge in [-0.25, -0.2) is 0 Å². The highest BCUT2D eigenvalue weighted by Gasteiger charge is 2.27. The predicted octanol–water partition coefficient (Wildman–Crippen LogP) is 2.33. The van der Waals surface area contributed by atoms with Gasteiger partial charge >= 0.3 is 0 Å². The topological polar surface area (TPSA) is 63.4 Å². The molecule has 2 rings (SSSR count). The molecule has 1 aromatic carbocycles. The minimum Gasteiger partial charge on any atom is -0.369 e. The van der Waals surface area contributed by atoms with Crippen molar-refractivity contribution in [2.75, 3.05) is 13.1 Å². The van der Waals surface area contributed by atoms with Crippen molar-refractivity contribution < 1.29 is 9.59 Å². The van der Waals surface area contributed by atoms with E-state index in [-0.39, 0.29) is 17.7 Å². The smallest absolute Gasteiger partial charge is 0.255 e. The second-order valence-electron chi connectivity index (χ2n) is 4.59. The number of halogens is 2. The van der Waals surface area contributed by atoms with Gasteiger partial charge in [-0.2, -0.15) is 0 Å². The predicted molar refractivity (Wildman–Crippen MR) is 74.3 cm³/mol. The summed E-state index contributed by atoms with van der Waals surface area (Å²) in [6, 6.07) is 4.80. The maximum atomic E-state index is 12.3. The molecule has 0 saturated carbocycles. The van der Waals surface area contributed by atoms with Crippen molar-refractivity contribution in [2.45, 2.75) is 12.8 Å². The van der Waals surface area contributed by atoms with Gasteiger partial charge < -0.3 is 10.6 Å². The van der Waals surface area contributed by atoms with Crippen molar-refractivity contribution in [2.24, 2.45) is 11.7 Å². The fourth-order valence-electron chi connectivity index (χ4n) is 2.20. The Kier molecular flexibility index (Phi) is 4.32. The number of carbonyl (C=O) groups excluding carboxylic acids is 2. The molecule has 1 fully saturated rings. The van der Waals surface area contributed by atoms with Gasteiger partial charge in [-0.3, -0.25) is 9.59 Å². The molecule has 102 valence electrons. The first-order valence-electron chi connectivity index (χ1n) is 6.02. The minimum atomic E-state index is -0.295. The van der Waals surface area contributed by atoms with Crippen LogP contribution >= 0.6 is 23.2 Å². The zero-order valence-electron chi connectivity index (χ0n) is 10.2. The van der Waals surface area contributed by atoms with E-state index in [4.69, 9.17) is 28.9 Å². The van der Waals surface area contributed by atoms with Crippen molar-refractivity contribution in [1.29, 1.82) is 0 Å². The highest BCUT2D eigenvalue weighted by molar-refractivity contribution is 6.36. The van der Waals surface area contributed by atoms with Crippen molar-refractivity contribution in [1.82, 2.24) is 4.90 Å². The van der Waals surface area contributed by atoms with E-state index in [1.165, 1.54) is 0 Å². The standard InChI is InChI=1S/C13H14Cl2N2O2/c14-9-1-2-10(11(15)7-9)13(19)17-5-3-8(4-6-17)12(16)18/h1-2,7-8H,3-6H2,(H2,16,18). The Hall–Kier alpha value is -1.26. The first-order chi connectivity index (χ1) is 8.99. The molecule has 0 aromatic heterocycles. The maximum Gasteiger partial charge on any atom is 0.255 e. The maximum absolute atomic E-state index is 12.3. The summed E-state index contributed by atoms with van der Waals surface area (Å²) in [5.74, 6) is -0.564. The zero-order valence-corrected chi connectivity index (χ0v) is 11.7. The van der Waals surface area contributed by atoms with E-state index in [0.717, 1.165) is 0 Å². The van der Waals surface area contributed by atoms with Crippen LogP contribution in [0.2, 0.25) is 10.0 Å². The number of nitrogens with zero attached hydrogens (tertiary/aromatic N) is 1. The van der Waals surface area contributed by atoms with Crippen LogP contribution in [-0.4, -0.2) is 29.8 Å². The molecule has 0 atom stereocenters. The summed E-state index contributed by atoms with van der Waals surface area (Å²) in [7, 11) is 0. The molecule has 0 spiro atoms. The van der Waals surface area contributed by atoms with E-state index in [2.05, 4.69) is 0 Å². The molecule has 19 heavy (non-hydrogen) atoms. The Morgan fingerprint density at radius 3 is 2.37 bits per heavy atom. The lowest BCUT2D eigenvalue weighted by Crippen LogP contribution is -2.41. The molecule has 0 radical (unpaired) electrons. The normalized spacial score (nSPS) is 16.4. The fraction of sp³-hybridized carbons (Fsp3) is 0.385. The average Bonchev–Trinajstić information content (AvgIpc) is 2.38. The molecule has 0 unspecified atom stereocenters. The number of rotatable bonds is 2. The van der Waals surface area contributed by atoms with Crippen LogP contribution < -0.4 is 5.73 Å². The molecule has 1 aliphatic rings. The molecule has 2 amide bonds. The second kappa shape index (κ2) is 5.80. The summed E-state index contributed by atoms with van der Waals surface area (Å²) in [5, 5.41) is 0.837. The number of hydrogen-bond donors (Lipinski definition) is 1. The van der Waals surface area contributed by atoms with Crippen LogP contribution in [0.1, 0.15) is 23.2 Å². The second-order valence-corrected chi connectivity index (χ2v) is 5.44. The Bertz CT molecular complexity index is 511. The van der Waals surface area contributed by atoms with Crippen LogP contribution in [0.5, 0.6) is 0 Å². The molecule has 2 N–H and O–H groups in total. The lowest BCUT2D eigenvalue weighted by atomic mass is 9.96. The molecule has 1 aromatic rings. The molecule has 0 bridgehead atoms. The summed E-state index contributed by atoms with van der Waals surface area (Å²) in [4.78, 5) is 25.1. The average molecular weight is 301 g/mol. The Morgan fingerprint density at radius 2 is 1.84 bits per heavy atom. The van der Waals surface area contributed by atoms with Gasteiger partial charge in [-0.15, -0.1) is 0 Å². The third kappa shape index (κ3) is 3.19. The van der Waals surface area contributed by atoms with Crippen molar-refractivity contribution in [3.05, 3.63) is 33.8 Å². The van der Waals surface area contributed by atoms with E-state index in [1.54, 1.807) is 23.1 Å². The number of amides is 2. The summed E-state index contributed by atoms with van der Waals surface area (Å²) in [5.41, 5.74) is 5.70. The van der Waals surface area contributed by atoms with Gasteiger partial charge in [0.15, 0.2) is 0 Å². The van der Waals surface area contributed by atoms with E-state index < -0.39 is 0 Å². The Labute approximate surface area is 121 Å². The van der Waals surface area contributed by atoms with E-state index >= 15 is 0 Å². The van der Waals surface area contributed by atoms with Crippen LogP contribution in [0, 0.1) is 5.92 Å². The van der Waals surface area contributed by atoms with Crippen LogP contribution in [0.4, 0.5) is 0 Å². The minimum absolute atomic E-state index is 0.135. The first-order valence-corrected chi connectivity index (χ1v) is 6.78. The third-order valence-corrected chi connectivity index (χ3v) is 3.89. The monoisotopic (exact) mass is 300 g/mol. The highest BCUT2D eigenvalue weighted by Crippen LogP contribution is 2.24. The SMILES string of the molecule is NC(=O)C1CCN(C(=O)c2ccc(Cl)cc2Cl)CC1. The van der Waals surface area contributed by atoms with Gasteiger partial charge in [0.25, 0.3) is 5.91 Å². The highest BCUT2D eigenvalue weighted by atomic mass is 35.5. The molecule has 6 heteroatoms. The summed E-state index contributed by atoms with van der Waals surface area (Å²) in [6.07, 6.45) is 1.21. The van der Waals surface area contributed by atoms with Crippen LogP contribution in [0.15, 0.2) is 18.2 Å². The number of primary amides is 1. The molecule has 1 saturated heterocycles. The zero-order chi connectivity index (χ0) is 14.0. The number of benzene rings is 1. The van der Waals surface area contributed by atoms with E-state index in [9.17, 15) is 9.59 Å². The molecule has 1 aliphatic heterocycles. The number of carbonyl (C=O) groups is 2. The lowest BCUT2D eigenvalue weighted by Gasteiger charge is -2.30. The Morgan fingerprint density at radius 1 is 1.21 bits per heavy atom. The van der Waals surface area contributed by atoms with Crippen LogP contribution in [-0.2, 0) is 4.79 Å². The summed E-state index contributed by atoms with van der Waals surface area (Å²) in [6.45, 7) is 1.04. The van der Waals surface area contributed by atoms with Gasteiger partial charge in [0, 0.05) is 24.0 Å². The third-order valence-electron chi connectivity index (χ3n) is 3.35. The van der Waals surface area contributed by atoms with Gasteiger partial charge in [0.05, 0.1) is 10.6 Å². The lowest BCUT2D eigenvalue weighted by molar-refractivity contribution is -0.123. The number of nitrogens with two attached hydrogens (primary N) is 1. The summed E-state index contributed by atoms with van der Waals surface area (Å²) < 4.78 is 0. The van der Waals surface area contributed by atoms with Gasteiger partial charge in [-0.1, -0.05) is 23.2 Å².